The van der Waals surface area contributed by atoms with Crippen LogP contribution >= 0.6 is 0 Å². The lowest BCUT2D eigenvalue weighted by Crippen LogP contribution is -2.25. The Kier molecular flexibility index (Phi) is 5.10. The maximum Gasteiger partial charge on any atom is 0.140 e. The van der Waals surface area contributed by atoms with E-state index in [4.69, 9.17) is 11.0 Å². The summed E-state index contributed by atoms with van der Waals surface area (Å²) in [6, 6.07) is 16.0. The summed E-state index contributed by atoms with van der Waals surface area (Å²) in [4.78, 5) is 6.37. The highest BCUT2D eigenvalue weighted by Gasteiger charge is 2.07. The third-order valence-electron chi connectivity index (χ3n) is 3.08. The van der Waals surface area contributed by atoms with Crippen molar-refractivity contribution >= 4 is 5.69 Å². The molecule has 1 heterocycles. The molecule has 1 aromatic carbocycles. The quantitative estimate of drug-likeness (QED) is 0.871. The maximum atomic E-state index is 8.80. The Morgan fingerprint density at radius 2 is 1.95 bits per heavy atom. The molecule has 0 aliphatic heterocycles. The van der Waals surface area contributed by atoms with Gasteiger partial charge in [0.25, 0.3) is 0 Å². The van der Waals surface area contributed by atoms with Crippen molar-refractivity contribution < 1.29 is 0 Å². The van der Waals surface area contributed by atoms with Gasteiger partial charge in [0.1, 0.15) is 11.8 Å². The molecule has 0 unspecified atom stereocenters. The minimum Gasteiger partial charge on any atom is -0.366 e. The van der Waals surface area contributed by atoms with Crippen molar-refractivity contribution in [1.82, 2.24) is 4.98 Å². The largest absolute Gasteiger partial charge is 0.366 e. The fourth-order valence-electron chi connectivity index (χ4n) is 2.02. The number of aromatic nitrogens is 1. The van der Waals surface area contributed by atoms with Crippen LogP contribution in [-0.2, 0) is 6.54 Å². The molecular formula is C16H18N4. The highest BCUT2D eigenvalue weighted by Crippen LogP contribution is 2.16. The van der Waals surface area contributed by atoms with Crippen LogP contribution in [0.4, 0.5) is 5.69 Å². The number of benzene rings is 1. The minimum absolute atomic E-state index is 0.437. The van der Waals surface area contributed by atoms with E-state index in [1.54, 1.807) is 12.3 Å². The Labute approximate surface area is 119 Å². The van der Waals surface area contributed by atoms with Crippen molar-refractivity contribution in [2.75, 3.05) is 18.0 Å². The maximum absolute atomic E-state index is 8.80. The van der Waals surface area contributed by atoms with Gasteiger partial charge in [0, 0.05) is 13.1 Å². The summed E-state index contributed by atoms with van der Waals surface area (Å²) >= 11 is 0. The Morgan fingerprint density at radius 3 is 2.55 bits per heavy atom. The van der Waals surface area contributed by atoms with Crippen molar-refractivity contribution in [3.63, 3.8) is 0 Å². The molecule has 0 saturated carbocycles. The highest BCUT2D eigenvalue weighted by atomic mass is 15.1. The van der Waals surface area contributed by atoms with Gasteiger partial charge in [-0.3, -0.25) is 0 Å². The highest BCUT2D eigenvalue weighted by molar-refractivity contribution is 5.46. The summed E-state index contributed by atoms with van der Waals surface area (Å²) in [5.74, 6) is 0. The number of nitrogens with zero attached hydrogens (tertiary/aromatic N) is 3. The number of nitriles is 1. The number of hydrogen-bond acceptors (Lipinski definition) is 4. The van der Waals surface area contributed by atoms with E-state index in [-0.39, 0.29) is 0 Å². The molecule has 0 atom stereocenters. The van der Waals surface area contributed by atoms with Gasteiger partial charge in [0.15, 0.2) is 0 Å². The lowest BCUT2D eigenvalue weighted by Gasteiger charge is -2.24. The Balaban J connectivity index is 2.15. The molecule has 2 N–H and O–H groups in total. The smallest absolute Gasteiger partial charge is 0.140 e. The van der Waals surface area contributed by atoms with Crippen LogP contribution in [0.15, 0.2) is 48.7 Å². The van der Waals surface area contributed by atoms with E-state index in [2.05, 4.69) is 22.0 Å². The third kappa shape index (κ3) is 3.81. The van der Waals surface area contributed by atoms with E-state index in [9.17, 15) is 0 Å². The van der Waals surface area contributed by atoms with E-state index in [1.807, 2.05) is 30.3 Å². The first-order chi connectivity index (χ1) is 9.83. The lowest BCUT2D eigenvalue weighted by molar-refractivity contribution is 0.734. The molecule has 0 aliphatic carbocycles. The van der Waals surface area contributed by atoms with Gasteiger partial charge in [0.05, 0.1) is 11.9 Å². The molecule has 20 heavy (non-hydrogen) atoms. The number of rotatable bonds is 6. The summed E-state index contributed by atoms with van der Waals surface area (Å²) in [5.41, 5.74) is 8.31. The molecule has 0 spiro atoms. The molecule has 0 aliphatic rings. The second-order valence-corrected chi connectivity index (χ2v) is 4.56. The van der Waals surface area contributed by atoms with Gasteiger partial charge < -0.3 is 10.6 Å². The molecule has 0 radical (unpaired) electrons. The molecule has 0 bridgehead atoms. The topological polar surface area (TPSA) is 65.9 Å². The van der Waals surface area contributed by atoms with Crippen LogP contribution in [0.5, 0.6) is 0 Å². The lowest BCUT2D eigenvalue weighted by atomic mass is 10.2. The molecule has 2 aromatic rings. The van der Waals surface area contributed by atoms with Gasteiger partial charge in [-0.05, 0) is 30.7 Å². The second-order valence-electron chi connectivity index (χ2n) is 4.56. The van der Waals surface area contributed by atoms with Crippen LogP contribution in [-0.4, -0.2) is 18.1 Å². The van der Waals surface area contributed by atoms with E-state index >= 15 is 0 Å². The predicted molar refractivity (Wildman–Crippen MR) is 80.1 cm³/mol. The van der Waals surface area contributed by atoms with Crippen LogP contribution < -0.4 is 10.6 Å². The number of pyridine rings is 1. The van der Waals surface area contributed by atoms with Gasteiger partial charge in [-0.2, -0.15) is 5.26 Å². The zero-order valence-corrected chi connectivity index (χ0v) is 11.4. The molecule has 0 amide bonds. The van der Waals surface area contributed by atoms with Crippen molar-refractivity contribution in [2.45, 2.75) is 13.0 Å². The average Bonchev–Trinajstić information content (AvgIpc) is 2.52. The summed E-state index contributed by atoms with van der Waals surface area (Å²) in [5, 5.41) is 8.80. The molecule has 0 saturated heterocycles. The van der Waals surface area contributed by atoms with E-state index in [0.29, 0.717) is 12.2 Å². The van der Waals surface area contributed by atoms with Crippen LogP contribution in [0.1, 0.15) is 17.7 Å². The Morgan fingerprint density at radius 1 is 1.15 bits per heavy atom. The molecule has 2 rings (SSSR count). The van der Waals surface area contributed by atoms with Gasteiger partial charge in [-0.25, -0.2) is 4.98 Å². The SMILES string of the molecule is N#Cc1ccc(N(CCCN)Cc2ccccc2)cn1. The van der Waals surface area contributed by atoms with Gasteiger partial charge in [-0.1, -0.05) is 30.3 Å². The standard InChI is InChI=1S/C16H18N4/c17-9-4-10-20(13-14-5-2-1-3-6-14)16-8-7-15(11-18)19-12-16/h1-3,5-8,12H,4,9-10,13,17H2. The molecule has 102 valence electrons. The van der Waals surface area contributed by atoms with Crippen LogP contribution in [0.25, 0.3) is 0 Å². The Hall–Kier alpha value is -2.38. The van der Waals surface area contributed by atoms with E-state index < -0.39 is 0 Å². The molecule has 4 nitrogen and oxygen atoms in total. The van der Waals surface area contributed by atoms with Crippen LogP contribution in [0, 0.1) is 11.3 Å². The molecular weight excluding hydrogens is 248 g/mol. The van der Waals surface area contributed by atoms with Crippen molar-refractivity contribution in [3.05, 3.63) is 59.9 Å². The monoisotopic (exact) mass is 266 g/mol. The van der Waals surface area contributed by atoms with Gasteiger partial charge in [0.2, 0.25) is 0 Å². The predicted octanol–water partition coefficient (Wildman–Crippen LogP) is 2.31. The molecule has 0 fully saturated rings. The number of anilines is 1. The first kappa shape index (κ1) is 14.0. The van der Waals surface area contributed by atoms with E-state index in [1.165, 1.54) is 5.56 Å². The zero-order valence-electron chi connectivity index (χ0n) is 11.4. The normalized spacial score (nSPS) is 10.0. The fraction of sp³-hybridized carbons (Fsp3) is 0.250. The van der Waals surface area contributed by atoms with Gasteiger partial charge >= 0.3 is 0 Å². The fourth-order valence-corrected chi connectivity index (χ4v) is 2.02. The van der Waals surface area contributed by atoms with Crippen molar-refractivity contribution in [1.29, 1.82) is 5.26 Å². The second kappa shape index (κ2) is 7.27. The van der Waals surface area contributed by atoms with Crippen LogP contribution in [0.2, 0.25) is 0 Å². The zero-order chi connectivity index (χ0) is 14.2. The van der Waals surface area contributed by atoms with E-state index in [0.717, 1.165) is 25.2 Å². The molecule has 4 heteroatoms. The summed E-state index contributed by atoms with van der Waals surface area (Å²) in [7, 11) is 0. The van der Waals surface area contributed by atoms with Crippen molar-refractivity contribution in [2.24, 2.45) is 5.73 Å². The third-order valence-corrected chi connectivity index (χ3v) is 3.08. The van der Waals surface area contributed by atoms with Crippen molar-refractivity contribution in [3.8, 4) is 6.07 Å². The van der Waals surface area contributed by atoms with Gasteiger partial charge in [-0.15, -0.1) is 0 Å². The summed E-state index contributed by atoms with van der Waals surface area (Å²) < 4.78 is 0. The van der Waals surface area contributed by atoms with Crippen LogP contribution in [0.3, 0.4) is 0 Å². The summed E-state index contributed by atoms with van der Waals surface area (Å²) in [6.07, 6.45) is 2.67. The molecule has 1 aromatic heterocycles. The first-order valence-corrected chi connectivity index (χ1v) is 6.68. The summed E-state index contributed by atoms with van der Waals surface area (Å²) in [6.45, 7) is 2.35. The average molecular weight is 266 g/mol. The number of nitrogens with two attached hydrogens (primary N) is 1. The first-order valence-electron chi connectivity index (χ1n) is 6.68. The number of hydrogen-bond donors (Lipinski definition) is 1. The Bertz CT molecular complexity index is 557. The minimum atomic E-state index is 0.437.